The predicted octanol–water partition coefficient (Wildman–Crippen LogP) is 4.19. The molecule has 0 spiro atoms. The van der Waals surface area contributed by atoms with Gasteiger partial charge in [0.2, 0.25) is 0 Å². The van der Waals surface area contributed by atoms with Gasteiger partial charge in [-0.2, -0.15) is 0 Å². The molecular formula is C21H23NO2. The first-order chi connectivity index (χ1) is 11.8. The number of fused-ring (bicyclic) bond motifs is 1. The number of ether oxygens (including phenoxy) is 2. The van der Waals surface area contributed by atoms with Crippen LogP contribution in [0.25, 0.3) is 10.8 Å². The molecule has 24 heavy (non-hydrogen) atoms. The van der Waals surface area contributed by atoms with Gasteiger partial charge in [-0.05, 0) is 41.4 Å². The Morgan fingerprint density at radius 2 is 1.54 bits per heavy atom. The normalized spacial score (nSPS) is 10.8. The number of para-hydroxylation sites is 1. The third-order valence-electron chi connectivity index (χ3n) is 4.28. The van der Waals surface area contributed by atoms with Crippen LogP contribution in [0.15, 0.2) is 60.7 Å². The third kappa shape index (κ3) is 3.52. The summed E-state index contributed by atoms with van der Waals surface area (Å²) in [6.07, 6.45) is 0.928. The molecule has 3 heteroatoms. The van der Waals surface area contributed by atoms with Crippen LogP contribution in [-0.4, -0.2) is 20.8 Å². The molecule has 0 amide bonds. The molecule has 0 radical (unpaired) electrons. The van der Waals surface area contributed by atoms with E-state index in [1.807, 2.05) is 24.3 Å². The van der Waals surface area contributed by atoms with Gasteiger partial charge in [0.05, 0.1) is 14.2 Å². The van der Waals surface area contributed by atoms with E-state index >= 15 is 0 Å². The number of methoxy groups -OCH3 is 2. The molecule has 3 rings (SSSR count). The predicted molar refractivity (Wildman–Crippen MR) is 98.9 cm³/mol. The summed E-state index contributed by atoms with van der Waals surface area (Å²) in [6.45, 7) is 1.66. The van der Waals surface area contributed by atoms with Crippen molar-refractivity contribution in [3.63, 3.8) is 0 Å². The summed E-state index contributed by atoms with van der Waals surface area (Å²) in [6, 6.07) is 20.7. The van der Waals surface area contributed by atoms with E-state index in [1.54, 1.807) is 14.2 Å². The van der Waals surface area contributed by atoms with E-state index in [-0.39, 0.29) is 0 Å². The second kappa shape index (κ2) is 7.84. The molecule has 0 saturated heterocycles. The van der Waals surface area contributed by atoms with Gasteiger partial charge in [0, 0.05) is 12.1 Å². The zero-order valence-corrected chi connectivity index (χ0v) is 14.2. The lowest BCUT2D eigenvalue weighted by atomic mass is 10.0. The fourth-order valence-corrected chi connectivity index (χ4v) is 3.04. The van der Waals surface area contributed by atoms with Gasteiger partial charge in [-0.1, -0.05) is 48.5 Å². The van der Waals surface area contributed by atoms with E-state index in [0.29, 0.717) is 0 Å². The minimum Gasteiger partial charge on any atom is -0.496 e. The number of hydrogen-bond donors (Lipinski definition) is 1. The maximum atomic E-state index is 5.55. The molecule has 3 aromatic carbocycles. The Morgan fingerprint density at radius 1 is 0.792 bits per heavy atom. The molecule has 0 aliphatic heterocycles. The minimum absolute atomic E-state index is 0.777. The lowest BCUT2D eigenvalue weighted by molar-refractivity contribution is 0.406. The summed E-state index contributed by atoms with van der Waals surface area (Å²) in [5, 5.41) is 6.01. The van der Waals surface area contributed by atoms with Crippen LogP contribution in [0.4, 0.5) is 0 Å². The fraction of sp³-hybridized carbons (Fsp3) is 0.238. The molecule has 0 bridgehead atoms. The Balaban J connectivity index is 1.69. The van der Waals surface area contributed by atoms with Crippen molar-refractivity contribution in [2.75, 3.05) is 20.8 Å². The van der Waals surface area contributed by atoms with Crippen LogP contribution in [0.1, 0.15) is 11.1 Å². The van der Waals surface area contributed by atoms with Gasteiger partial charge in [-0.25, -0.2) is 0 Å². The number of rotatable bonds is 7. The SMILES string of the molecule is COc1ccccc1CCNCc1c(OC)ccc2ccccc12. The molecule has 0 fully saturated rings. The Labute approximate surface area is 143 Å². The van der Waals surface area contributed by atoms with Crippen molar-refractivity contribution in [3.05, 3.63) is 71.8 Å². The Bertz CT molecular complexity index is 814. The van der Waals surface area contributed by atoms with Crippen LogP contribution in [-0.2, 0) is 13.0 Å². The highest BCUT2D eigenvalue weighted by atomic mass is 16.5. The van der Waals surface area contributed by atoms with Gasteiger partial charge in [-0.15, -0.1) is 0 Å². The van der Waals surface area contributed by atoms with Crippen molar-refractivity contribution in [1.82, 2.24) is 5.32 Å². The highest BCUT2D eigenvalue weighted by Gasteiger charge is 2.08. The largest absolute Gasteiger partial charge is 0.496 e. The first-order valence-corrected chi connectivity index (χ1v) is 8.20. The molecule has 0 aliphatic rings. The summed E-state index contributed by atoms with van der Waals surface area (Å²) < 4.78 is 11.0. The van der Waals surface area contributed by atoms with Gasteiger partial charge in [0.1, 0.15) is 11.5 Å². The summed E-state index contributed by atoms with van der Waals surface area (Å²) in [7, 11) is 3.44. The van der Waals surface area contributed by atoms with Gasteiger partial charge >= 0.3 is 0 Å². The summed E-state index contributed by atoms with van der Waals surface area (Å²) in [5.41, 5.74) is 2.42. The second-order valence-corrected chi connectivity index (χ2v) is 5.71. The zero-order chi connectivity index (χ0) is 16.8. The average molecular weight is 321 g/mol. The highest BCUT2D eigenvalue weighted by molar-refractivity contribution is 5.87. The molecule has 3 aromatic rings. The molecule has 124 valence electrons. The van der Waals surface area contributed by atoms with Gasteiger partial charge < -0.3 is 14.8 Å². The minimum atomic E-state index is 0.777. The standard InChI is InChI=1S/C21H23NO2/c1-23-20-10-6-4-8-17(20)13-14-22-15-19-18-9-5-3-7-16(18)11-12-21(19)24-2/h3-12,22H,13-15H2,1-2H3. The van der Waals surface area contributed by atoms with E-state index < -0.39 is 0 Å². The average Bonchev–Trinajstić information content (AvgIpc) is 2.65. The zero-order valence-electron chi connectivity index (χ0n) is 14.2. The van der Waals surface area contributed by atoms with Crippen LogP contribution in [0.3, 0.4) is 0 Å². The van der Waals surface area contributed by atoms with Crippen molar-refractivity contribution in [1.29, 1.82) is 0 Å². The monoisotopic (exact) mass is 321 g/mol. The van der Waals surface area contributed by atoms with Gasteiger partial charge in [-0.3, -0.25) is 0 Å². The van der Waals surface area contributed by atoms with E-state index in [9.17, 15) is 0 Å². The Hall–Kier alpha value is -2.52. The first kappa shape index (κ1) is 16.3. The Kier molecular flexibility index (Phi) is 5.34. The van der Waals surface area contributed by atoms with Crippen molar-refractivity contribution >= 4 is 10.8 Å². The molecule has 0 atom stereocenters. The molecule has 0 aromatic heterocycles. The Morgan fingerprint density at radius 3 is 2.38 bits per heavy atom. The van der Waals surface area contributed by atoms with E-state index in [0.717, 1.165) is 31.0 Å². The van der Waals surface area contributed by atoms with Gasteiger partial charge in [0.15, 0.2) is 0 Å². The second-order valence-electron chi connectivity index (χ2n) is 5.71. The van der Waals surface area contributed by atoms with Crippen LogP contribution in [0, 0.1) is 0 Å². The quantitative estimate of drug-likeness (QED) is 0.662. The molecule has 0 saturated carbocycles. The maximum absolute atomic E-state index is 5.55. The number of nitrogens with one attached hydrogen (secondary N) is 1. The molecule has 0 unspecified atom stereocenters. The van der Waals surface area contributed by atoms with Crippen LogP contribution < -0.4 is 14.8 Å². The van der Waals surface area contributed by atoms with Crippen LogP contribution >= 0.6 is 0 Å². The molecule has 3 nitrogen and oxygen atoms in total. The van der Waals surface area contributed by atoms with E-state index in [2.05, 4.69) is 41.7 Å². The number of hydrogen-bond acceptors (Lipinski definition) is 3. The molecular weight excluding hydrogens is 298 g/mol. The van der Waals surface area contributed by atoms with Crippen LogP contribution in [0.5, 0.6) is 11.5 Å². The van der Waals surface area contributed by atoms with Gasteiger partial charge in [0.25, 0.3) is 0 Å². The highest BCUT2D eigenvalue weighted by Crippen LogP contribution is 2.27. The summed E-state index contributed by atoms with van der Waals surface area (Å²) >= 11 is 0. The molecule has 0 aliphatic carbocycles. The summed E-state index contributed by atoms with van der Waals surface area (Å²) in [4.78, 5) is 0. The maximum Gasteiger partial charge on any atom is 0.123 e. The van der Waals surface area contributed by atoms with Crippen molar-refractivity contribution < 1.29 is 9.47 Å². The summed E-state index contributed by atoms with van der Waals surface area (Å²) in [5.74, 6) is 1.88. The topological polar surface area (TPSA) is 30.5 Å². The molecule has 1 N–H and O–H groups in total. The van der Waals surface area contributed by atoms with Crippen molar-refractivity contribution in [2.24, 2.45) is 0 Å². The smallest absolute Gasteiger partial charge is 0.123 e. The number of benzene rings is 3. The van der Waals surface area contributed by atoms with Crippen LogP contribution in [0.2, 0.25) is 0 Å². The van der Waals surface area contributed by atoms with E-state index in [1.165, 1.54) is 21.9 Å². The lowest BCUT2D eigenvalue weighted by Gasteiger charge is -2.13. The first-order valence-electron chi connectivity index (χ1n) is 8.20. The lowest BCUT2D eigenvalue weighted by Crippen LogP contribution is -2.17. The third-order valence-corrected chi connectivity index (χ3v) is 4.28. The van der Waals surface area contributed by atoms with E-state index in [4.69, 9.17) is 9.47 Å². The molecule has 0 heterocycles. The van der Waals surface area contributed by atoms with Crippen molar-refractivity contribution in [3.8, 4) is 11.5 Å². The van der Waals surface area contributed by atoms with Crippen molar-refractivity contribution in [2.45, 2.75) is 13.0 Å². The fourth-order valence-electron chi connectivity index (χ4n) is 3.04.